The molecular formula is C17H16O2S. The van der Waals surface area contributed by atoms with Gasteiger partial charge in [-0.2, -0.15) is 11.8 Å². The van der Waals surface area contributed by atoms with Crippen molar-refractivity contribution in [1.82, 2.24) is 0 Å². The van der Waals surface area contributed by atoms with Gasteiger partial charge in [0.2, 0.25) is 0 Å². The summed E-state index contributed by atoms with van der Waals surface area (Å²) in [4.78, 5) is 10.6. The zero-order valence-corrected chi connectivity index (χ0v) is 11.9. The Morgan fingerprint density at radius 1 is 1.00 bits per heavy atom. The maximum Gasteiger partial charge on any atom is 0.304 e. The topological polar surface area (TPSA) is 37.3 Å². The first-order valence-electron chi connectivity index (χ1n) is 6.75. The summed E-state index contributed by atoms with van der Waals surface area (Å²) >= 11 is 1.73. The van der Waals surface area contributed by atoms with Crippen molar-refractivity contribution in [3.05, 3.63) is 59.7 Å². The van der Waals surface area contributed by atoms with E-state index in [-0.39, 0.29) is 6.42 Å². The Balaban J connectivity index is 1.82. The summed E-state index contributed by atoms with van der Waals surface area (Å²) in [5.74, 6) is 1.29. The van der Waals surface area contributed by atoms with Crippen molar-refractivity contribution < 1.29 is 9.90 Å². The fraction of sp³-hybridized carbons (Fsp3) is 0.235. The number of carboxylic acids is 1. The number of hydrogen-bond acceptors (Lipinski definition) is 2. The van der Waals surface area contributed by atoms with E-state index in [2.05, 4.69) is 48.5 Å². The number of fused-ring (bicyclic) bond motifs is 3. The van der Waals surface area contributed by atoms with Gasteiger partial charge in [0.25, 0.3) is 0 Å². The van der Waals surface area contributed by atoms with E-state index in [1.807, 2.05) is 0 Å². The highest BCUT2D eigenvalue weighted by atomic mass is 32.2. The van der Waals surface area contributed by atoms with E-state index < -0.39 is 5.97 Å². The minimum atomic E-state index is -0.718. The third-order valence-electron chi connectivity index (χ3n) is 3.71. The van der Waals surface area contributed by atoms with Crippen molar-refractivity contribution in [2.24, 2.45) is 0 Å². The highest BCUT2D eigenvalue weighted by Gasteiger charge is 2.27. The maximum atomic E-state index is 10.6. The van der Waals surface area contributed by atoms with Crippen molar-refractivity contribution in [2.75, 3.05) is 11.5 Å². The van der Waals surface area contributed by atoms with Crippen molar-refractivity contribution in [2.45, 2.75) is 12.3 Å². The minimum Gasteiger partial charge on any atom is -0.481 e. The van der Waals surface area contributed by atoms with Crippen LogP contribution in [0.15, 0.2) is 48.5 Å². The molecule has 2 nitrogen and oxygen atoms in total. The molecule has 102 valence electrons. The number of carbonyl (C=O) groups is 1. The van der Waals surface area contributed by atoms with E-state index in [1.165, 1.54) is 22.3 Å². The molecule has 1 N–H and O–H groups in total. The molecule has 2 aromatic carbocycles. The first kappa shape index (κ1) is 13.3. The lowest BCUT2D eigenvalue weighted by molar-refractivity contribution is -0.136. The van der Waals surface area contributed by atoms with Crippen LogP contribution in [0.3, 0.4) is 0 Å². The molecule has 0 saturated heterocycles. The average molecular weight is 284 g/mol. The summed E-state index contributed by atoms with van der Waals surface area (Å²) in [6.07, 6.45) is 0.237. The molecule has 0 atom stereocenters. The van der Waals surface area contributed by atoms with Gasteiger partial charge < -0.3 is 5.11 Å². The molecule has 0 spiro atoms. The Morgan fingerprint density at radius 2 is 1.55 bits per heavy atom. The molecule has 2 aromatic rings. The third-order valence-corrected chi connectivity index (χ3v) is 4.77. The van der Waals surface area contributed by atoms with Crippen molar-refractivity contribution in [3.8, 4) is 11.1 Å². The van der Waals surface area contributed by atoms with Crippen LogP contribution < -0.4 is 0 Å². The Bertz CT molecular complexity index is 591. The Hall–Kier alpha value is -1.74. The zero-order valence-electron chi connectivity index (χ0n) is 11.1. The van der Waals surface area contributed by atoms with Gasteiger partial charge in [0.15, 0.2) is 0 Å². The molecule has 0 bridgehead atoms. The second-order valence-corrected chi connectivity index (χ2v) is 6.10. The average Bonchev–Trinajstić information content (AvgIpc) is 2.78. The Kier molecular flexibility index (Phi) is 3.79. The van der Waals surface area contributed by atoms with Crippen LogP contribution >= 0.6 is 11.8 Å². The van der Waals surface area contributed by atoms with Gasteiger partial charge in [-0.25, -0.2) is 0 Å². The van der Waals surface area contributed by atoms with E-state index in [1.54, 1.807) is 11.8 Å². The second-order valence-electron chi connectivity index (χ2n) is 4.95. The standard InChI is InChI=1S/C17H16O2S/c18-17(19)9-10-20-11-16-14-7-3-1-5-12(14)13-6-2-4-8-15(13)16/h1-8,16H,9-11H2,(H,18,19). The molecule has 3 rings (SSSR count). The van der Waals surface area contributed by atoms with Gasteiger partial charge in [0.1, 0.15) is 0 Å². The minimum absolute atomic E-state index is 0.237. The zero-order chi connectivity index (χ0) is 13.9. The molecule has 0 fully saturated rings. The summed E-state index contributed by atoms with van der Waals surface area (Å²) in [6, 6.07) is 17.1. The Morgan fingerprint density at radius 3 is 2.10 bits per heavy atom. The van der Waals surface area contributed by atoms with Crippen molar-refractivity contribution in [1.29, 1.82) is 0 Å². The summed E-state index contributed by atoms with van der Waals surface area (Å²) in [5, 5.41) is 8.71. The molecule has 0 saturated carbocycles. The van der Waals surface area contributed by atoms with E-state index in [0.717, 1.165) is 5.75 Å². The fourth-order valence-electron chi connectivity index (χ4n) is 2.80. The highest BCUT2D eigenvalue weighted by Crippen LogP contribution is 2.45. The molecule has 0 amide bonds. The molecule has 3 heteroatoms. The number of benzene rings is 2. The van der Waals surface area contributed by atoms with Gasteiger partial charge >= 0.3 is 5.97 Å². The van der Waals surface area contributed by atoms with Crippen LogP contribution in [0.4, 0.5) is 0 Å². The van der Waals surface area contributed by atoms with Crippen LogP contribution in [-0.4, -0.2) is 22.6 Å². The lowest BCUT2D eigenvalue weighted by atomic mass is 9.99. The Labute approximate surface area is 122 Å². The van der Waals surface area contributed by atoms with Gasteiger partial charge in [0, 0.05) is 17.4 Å². The summed E-state index contributed by atoms with van der Waals surface area (Å²) in [5.41, 5.74) is 5.40. The number of thioether (sulfide) groups is 1. The largest absolute Gasteiger partial charge is 0.481 e. The number of aliphatic carboxylic acids is 1. The predicted octanol–water partition coefficient (Wildman–Crippen LogP) is 4.01. The number of hydrogen-bond donors (Lipinski definition) is 1. The maximum absolute atomic E-state index is 10.6. The monoisotopic (exact) mass is 284 g/mol. The SMILES string of the molecule is O=C(O)CCSCC1c2ccccc2-c2ccccc21. The highest BCUT2D eigenvalue weighted by molar-refractivity contribution is 7.99. The van der Waals surface area contributed by atoms with E-state index in [0.29, 0.717) is 11.7 Å². The molecule has 0 aliphatic heterocycles. The van der Waals surface area contributed by atoms with Crippen molar-refractivity contribution >= 4 is 17.7 Å². The first-order chi connectivity index (χ1) is 9.77. The number of rotatable bonds is 5. The summed E-state index contributed by atoms with van der Waals surface area (Å²) in [7, 11) is 0. The number of carboxylic acid groups (broad SMARTS) is 1. The van der Waals surface area contributed by atoms with E-state index in [9.17, 15) is 4.79 Å². The van der Waals surface area contributed by atoms with Crippen LogP contribution in [0.1, 0.15) is 23.5 Å². The van der Waals surface area contributed by atoms with Crippen LogP contribution in [-0.2, 0) is 4.79 Å². The molecule has 0 radical (unpaired) electrons. The lowest BCUT2D eigenvalue weighted by Crippen LogP contribution is -2.02. The molecule has 1 aliphatic carbocycles. The van der Waals surface area contributed by atoms with Crippen LogP contribution in [0.25, 0.3) is 11.1 Å². The predicted molar refractivity (Wildman–Crippen MR) is 83.3 cm³/mol. The molecule has 1 aliphatic rings. The summed E-state index contributed by atoms with van der Waals surface area (Å²) < 4.78 is 0. The van der Waals surface area contributed by atoms with Crippen LogP contribution in [0.2, 0.25) is 0 Å². The molecular weight excluding hydrogens is 268 g/mol. The van der Waals surface area contributed by atoms with E-state index >= 15 is 0 Å². The van der Waals surface area contributed by atoms with Gasteiger partial charge in [-0.15, -0.1) is 0 Å². The summed E-state index contributed by atoms with van der Waals surface area (Å²) in [6.45, 7) is 0. The van der Waals surface area contributed by atoms with Gasteiger partial charge in [-0.1, -0.05) is 48.5 Å². The van der Waals surface area contributed by atoms with Crippen LogP contribution in [0, 0.1) is 0 Å². The normalized spacial score (nSPS) is 13.0. The van der Waals surface area contributed by atoms with Gasteiger partial charge in [-0.3, -0.25) is 4.79 Å². The fourth-order valence-corrected chi connectivity index (χ4v) is 3.88. The third kappa shape index (κ3) is 2.46. The van der Waals surface area contributed by atoms with Crippen LogP contribution in [0.5, 0.6) is 0 Å². The van der Waals surface area contributed by atoms with Gasteiger partial charge in [0.05, 0.1) is 6.42 Å². The molecule has 20 heavy (non-hydrogen) atoms. The first-order valence-corrected chi connectivity index (χ1v) is 7.90. The molecule has 0 heterocycles. The smallest absolute Gasteiger partial charge is 0.304 e. The lowest BCUT2D eigenvalue weighted by Gasteiger charge is -2.12. The molecule has 0 aromatic heterocycles. The quantitative estimate of drug-likeness (QED) is 0.843. The van der Waals surface area contributed by atoms with E-state index in [4.69, 9.17) is 5.11 Å². The molecule has 0 unspecified atom stereocenters. The second kappa shape index (κ2) is 5.71. The van der Waals surface area contributed by atoms with Crippen molar-refractivity contribution in [3.63, 3.8) is 0 Å². The van der Waals surface area contributed by atoms with Gasteiger partial charge in [-0.05, 0) is 22.3 Å².